The molecule has 1 aromatic heterocycles. The Bertz CT molecular complexity index is 321. The van der Waals surface area contributed by atoms with Crippen LogP contribution in [0.4, 0.5) is 5.82 Å². The van der Waals surface area contributed by atoms with E-state index >= 15 is 0 Å². The van der Waals surface area contributed by atoms with Crippen molar-refractivity contribution in [3.63, 3.8) is 0 Å². The summed E-state index contributed by atoms with van der Waals surface area (Å²) in [5, 5.41) is 10.9. The molecule has 0 spiro atoms. The predicted molar refractivity (Wildman–Crippen MR) is 47.2 cm³/mol. The number of halogens is 1. The largest absolute Gasteiger partial charge is 0.385 e. The van der Waals surface area contributed by atoms with Crippen LogP contribution in [0.3, 0.4) is 0 Å². The minimum Gasteiger partial charge on any atom is -0.358 e. The van der Waals surface area contributed by atoms with E-state index in [1.807, 2.05) is 0 Å². The third kappa shape index (κ3) is 1.34. The molecule has 0 radical (unpaired) electrons. The minimum absolute atomic E-state index is 0.0631. The van der Waals surface area contributed by atoms with Crippen LogP contribution in [-0.4, -0.2) is 14.5 Å². The first-order valence-electron chi connectivity index (χ1n) is 3.30. The van der Waals surface area contributed by atoms with Crippen LogP contribution >= 0.6 is 15.9 Å². The van der Waals surface area contributed by atoms with Crippen LogP contribution in [-0.2, 0) is 12.4 Å². The topological polar surface area (TPSA) is 61.0 Å². The summed E-state index contributed by atoms with van der Waals surface area (Å²) in [5.41, 5.74) is 0.595. The number of aromatic nitrogens is 2. The fraction of sp³-hybridized carbons (Fsp3) is 0.500. The van der Waals surface area contributed by atoms with Gasteiger partial charge in [0.2, 0.25) is 5.82 Å². The molecule has 12 heavy (non-hydrogen) atoms. The Balaban J connectivity index is 3.29. The molecule has 0 unspecified atom stereocenters. The van der Waals surface area contributed by atoms with E-state index in [4.69, 9.17) is 0 Å². The Hall–Kier alpha value is -0.910. The lowest BCUT2D eigenvalue weighted by molar-refractivity contribution is -0.390. The molecule has 0 amide bonds. The monoisotopic (exact) mass is 233 g/mol. The normalized spacial score (nSPS) is 10.2. The number of nitrogens with zero attached hydrogens (tertiary/aromatic N) is 3. The van der Waals surface area contributed by atoms with Gasteiger partial charge in [-0.2, -0.15) is 0 Å². The fourth-order valence-corrected chi connectivity index (χ4v) is 1.56. The fourth-order valence-electron chi connectivity index (χ4n) is 0.934. The molecular formula is C6H8BrN3O2. The Morgan fingerprint density at radius 1 is 1.75 bits per heavy atom. The first kappa shape index (κ1) is 9.18. The van der Waals surface area contributed by atoms with Crippen LogP contribution in [0.1, 0.15) is 11.5 Å². The van der Waals surface area contributed by atoms with E-state index in [1.54, 1.807) is 18.5 Å². The third-order valence-electron chi connectivity index (χ3n) is 1.72. The van der Waals surface area contributed by atoms with Gasteiger partial charge in [-0.05, 0) is 9.91 Å². The molecule has 1 heterocycles. The summed E-state index contributed by atoms with van der Waals surface area (Å²) in [6, 6.07) is 0. The summed E-state index contributed by atoms with van der Waals surface area (Å²) < 4.78 is 1.70. The lowest BCUT2D eigenvalue weighted by atomic mass is 10.5. The number of nitro groups is 1. The molecule has 1 aromatic rings. The molecule has 0 saturated carbocycles. The van der Waals surface area contributed by atoms with Gasteiger partial charge in [0, 0.05) is 14.0 Å². The summed E-state index contributed by atoms with van der Waals surface area (Å²) in [4.78, 5) is 13.8. The Kier molecular flexibility index (Phi) is 2.46. The molecule has 0 aliphatic rings. The quantitative estimate of drug-likeness (QED) is 0.443. The van der Waals surface area contributed by atoms with Gasteiger partial charge in [-0.3, -0.25) is 0 Å². The SMILES string of the molecule is Cc1nc([N+](=O)[O-])c(CBr)n1C. The van der Waals surface area contributed by atoms with E-state index < -0.39 is 4.92 Å². The second-order valence-electron chi connectivity index (χ2n) is 2.38. The first-order chi connectivity index (χ1) is 5.57. The van der Waals surface area contributed by atoms with E-state index in [0.29, 0.717) is 16.8 Å². The van der Waals surface area contributed by atoms with Crippen LogP contribution in [0.5, 0.6) is 0 Å². The van der Waals surface area contributed by atoms with E-state index in [2.05, 4.69) is 20.9 Å². The molecule has 0 fully saturated rings. The number of alkyl halides is 1. The van der Waals surface area contributed by atoms with Gasteiger partial charge in [0.15, 0.2) is 0 Å². The summed E-state index contributed by atoms with van der Waals surface area (Å²) in [5.74, 6) is 0.586. The van der Waals surface area contributed by atoms with E-state index in [0.717, 1.165) is 0 Å². The van der Waals surface area contributed by atoms with E-state index in [9.17, 15) is 10.1 Å². The highest BCUT2D eigenvalue weighted by molar-refractivity contribution is 9.08. The maximum absolute atomic E-state index is 10.5. The van der Waals surface area contributed by atoms with Gasteiger partial charge in [-0.15, -0.1) is 0 Å². The van der Waals surface area contributed by atoms with Crippen molar-refractivity contribution in [1.82, 2.24) is 9.55 Å². The highest BCUT2D eigenvalue weighted by Gasteiger charge is 2.21. The van der Waals surface area contributed by atoms with Gasteiger partial charge in [-0.1, -0.05) is 15.9 Å². The second kappa shape index (κ2) is 3.22. The number of aryl methyl sites for hydroxylation is 1. The Morgan fingerprint density at radius 3 is 2.67 bits per heavy atom. The van der Waals surface area contributed by atoms with Crippen molar-refractivity contribution in [3.05, 3.63) is 21.6 Å². The molecule has 5 nitrogen and oxygen atoms in total. The number of rotatable bonds is 2. The van der Waals surface area contributed by atoms with Crippen molar-refractivity contribution in [2.45, 2.75) is 12.3 Å². The summed E-state index contributed by atoms with van der Waals surface area (Å²) in [6.07, 6.45) is 0. The third-order valence-corrected chi connectivity index (χ3v) is 2.25. The van der Waals surface area contributed by atoms with Crippen molar-refractivity contribution < 1.29 is 4.92 Å². The van der Waals surface area contributed by atoms with Crippen molar-refractivity contribution in [3.8, 4) is 0 Å². The van der Waals surface area contributed by atoms with Crippen LogP contribution in [0.2, 0.25) is 0 Å². The van der Waals surface area contributed by atoms with Crippen molar-refractivity contribution >= 4 is 21.7 Å². The molecule has 0 aliphatic heterocycles. The van der Waals surface area contributed by atoms with Gasteiger partial charge in [0.05, 0.1) is 5.33 Å². The minimum atomic E-state index is -0.469. The molecule has 1 rings (SSSR count). The van der Waals surface area contributed by atoms with Crippen LogP contribution < -0.4 is 0 Å². The maximum atomic E-state index is 10.5. The smallest absolute Gasteiger partial charge is 0.358 e. The summed E-state index contributed by atoms with van der Waals surface area (Å²) in [7, 11) is 1.76. The van der Waals surface area contributed by atoms with Crippen LogP contribution in [0.25, 0.3) is 0 Å². The second-order valence-corrected chi connectivity index (χ2v) is 2.94. The zero-order chi connectivity index (χ0) is 9.30. The highest BCUT2D eigenvalue weighted by atomic mass is 79.9. The molecular weight excluding hydrogens is 226 g/mol. The average Bonchev–Trinajstić information content (AvgIpc) is 2.29. The highest BCUT2D eigenvalue weighted by Crippen LogP contribution is 2.20. The molecule has 0 aromatic carbocycles. The maximum Gasteiger partial charge on any atom is 0.385 e. The molecule has 0 bridgehead atoms. The molecule has 0 aliphatic carbocycles. The standard InChI is InChI=1S/C6H8BrN3O2/c1-4-8-6(10(11)12)5(3-7)9(4)2/h3H2,1-2H3. The van der Waals surface area contributed by atoms with Gasteiger partial charge in [0.25, 0.3) is 0 Å². The molecule has 6 heteroatoms. The zero-order valence-corrected chi connectivity index (χ0v) is 8.33. The van der Waals surface area contributed by atoms with Crippen LogP contribution in [0.15, 0.2) is 0 Å². The lowest BCUT2D eigenvalue weighted by Crippen LogP contribution is -1.97. The van der Waals surface area contributed by atoms with Crippen LogP contribution in [0, 0.1) is 17.0 Å². The molecule has 0 atom stereocenters. The molecule has 0 saturated heterocycles. The van der Waals surface area contributed by atoms with Gasteiger partial charge in [0.1, 0.15) is 5.69 Å². The van der Waals surface area contributed by atoms with Gasteiger partial charge < -0.3 is 14.7 Å². The van der Waals surface area contributed by atoms with Crippen molar-refractivity contribution in [2.24, 2.45) is 7.05 Å². The first-order valence-corrected chi connectivity index (χ1v) is 4.42. The summed E-state index contributed by atoms with van der Waals surface area (Å²) >= 11 is 3.18. The predicted octanol–water partition coefficient (Wildman–Crippen LogP) is 1.53. The van der Waals surface area contributed by atoms with E-state index in [1.165, 1.54) is 0 Å². The molecule has 0 N–H and O–H groups in total. The number of imidazole rings is 1. The van der Waals surface area contributed by atoms with E-state index in [-0.39, 0.29) is 5.82 Å². The number of hydrogen-bond acceptors (Lipinski definition) is 3. The molecule has 66 valence electrons. The van der Waals surface area contributed by atoms with Gasteiger partial charge >= 0.3 is 5.82 Å². The Morgan fingerprint density at radius 2 is 2.33 bits per heavy atom. The zero-order valence-electron chi connectivity index (χ0n) is 6.74. The Labute approximate surface area is 77.7 Å². The summed E-state index contributed by atoms with van der Waals surface area (Å²) in [6.45, 7) is 1.74. The lowest BCUT2D eigenvalue weighted by Gasteiger charge is -1.95. The van der Waals surface area contributed by atoms with Crippen molar-refractivity contribution in [1.29, 1.82) is 0 Å². The number of hydrogen-bond donors (Lipinski definition) is 0. The van der Waals surface area contributed by atoms with Crippen molar-refractivity contribution in [2.75, 3.05) is 0 Å². The average molecular weight is 234 g/mol. The van der Waals surface area contributed by atoms with Gasteiger partial charge in [-0.25, -0.2) is 0 Å².